The fourth-order valence-corrected chi connectivity index (χ4v) is 3.00. The second-order valence-electron chi connectivity index (χ2n) is 5.39. The predicted molar refractivity (Wildman–Crippen MR) is 109 cm³/mol. The van der Waals surface area contributed by atoms with Crippen LogP contribution in [0.4, 0.5) is 0 Å². The number of nitrogens with zero attached hydrogens (tertiary/aromatic N) is 1. The summed E-state index contributed by atoms with van der Waals surface area (Å²) in [6.07, 6.45) is 1.73. The fraction of sp³-hybridized carbons (Fsp3) is 0.200. The van der Waals surface area contributed by atoms with Gasteiger partial charge in [0, 0.05) is 9.13 Å². The van der Waals surface area contributed by atoms with Crippen molar-refractivity contribution in [2.45, 2.75) is 13.8 Å². The van der Waals surface area contributed by atoms with Crippen LogP contribution in [0.15, 0.2) is 53.2 Å². The lowest BCUT2D eigenvalue weighted by Crippen LogP contribution is -2.06. The number of hydrogen-bond donors (Lipinski definition) is 0. The van der Waals surface area contributed by atoms with E-state index in [1.54, 1.807) is 24.3 Å². The van der Waals surface area contributed by atoms with Crippen molar-refractivity contribution in [3.05, 3.63) is 62.9 Å². The minimum Gasteiger partial charge on any atom is -0.490 e. The van der Waals surface area contributed by atoms with E-state index in [0.717, 1.165) is 9.13 Å². The second-order valence-corrected chi connectivity index (χ2v) is 6.55. The number of aliphatic imine (C=N–C) groups is 1. The summed E-state index contributed by atoms with van der Waals surface area (Å²) >= 11 is 2.22. The van der Waals surface area contributed by atoms with Gasteiger partial charge in [-0.05, 0) is 72.3 Å². The van der Waals surface area contributed by atoms with Crippen molar-refractivity contribution in [3.8, 4) is 11.5 Å². The molecule has 5 nitrogen and oxygen atoms in total. The molecular weight excluding hydrogens is 445 g/mol. The number of ether oxygens (including phenoxy) is 3. The average Bonchev–Trinajstić information content (AvgIpc) is 2.99. The maximum absolute atomic E-state index is 12.2. The normalized spacial score (nSPS) is 15.0. The number of rotatable bonds is 6. The quantitative estimate of drug-likeness (QED) is 0.361. The highest BCUT2D eigenvalue weighted by atomic mass is 127. The van der Waals surface area contributed by atoms with E-state index in [1.807, 2.05) is 38.1 Å². The molecule has 0 atom stereocenters. The molecular formula is C20H18INO4. The number of esters is 1. The highest BCUT2D eigenvalue weighted by Crippen LogP contribution is 2.30. The highest BCUT2D eigenvalue weighted by molar-refractivity contribution is 14.1. The molecule has 1 heterocycles. The van der Waals surface area contributed by atoms with Gasteiger partial charge in [-0.25, -0.2) is 9.79 Å². The van der Waals surface area contributed by atoms with E-state index in [-0.39, 0.29) is 11.6 Å². The Balaban J connectivity index is 1.93. The highest BCUT2D eigenvalue weighted by Gasteiger charge is 2.25. The first-order chi connectivity index (χ1) is 12.6. The first-order valence-electron chi connectivity index (χ1n) is 8.29. The predicted octanol–water partition coefficient (Wildman–Crippen LogP) is 4.43. The van der Waals surface area contributed by atoms with E-state index in [1.165, 1.54) is 0 Å². The maximum atomic E-state index is 12.2. The molecule has 0 bridgehead atoms. The molecule has 134 valence electrons. The smallest absolute Gasteiger partial charge is 0.363 e. The summed E-state index contributed by atoms with van der Waals surface area (Å²) in [5.74, 6) is 1.04. The maximum Gasteiger partial charge on any atom is 0.363 e. The molecule has 0 amide bonds. The van der Waals surface area contributed by atoms with Crippen LogP contribution in [0.5, 0.6) is 11.5 Å². The third kappa shape index (κ3) is 4.07. The molecule has 0 saturated heterocycles. The van der Waals surface area contributed by atoms with Crippen LogP contribution in [-0.2, 0) is 9.53 Å². The Morgan fingerprint density at radius 3 is 2.54 bits per heavy atom. The monoisotopic (exact) mass is 463 g/mol. The van der Waals surface area contributed by atoms with Gasteiger partial charge in [0.1, 0.15) is 0 Å². The molecule has 0 N–H and O–H groups in total. The zero-order chi connectivity index (χ0) is 18.5. The van der Waals surface area contributed by atoms with E-state index >= 15 is 0 Å². The third-order valence-corrected chi connectivity index (χ3v) is 4.59. The van der Waals surface area contributed by atoms with Crippen LogP contribution in [0.3, 0.4) is 0 Å². The van der Waals surface area contributed by atoms with Gasteiger partial charge in [-0.3, -0.25) is 0 Å². The lowest BCUT2D eigenvalue weighted by Gasteiger charge is -2.11. The van der Waals surface area contributed by atoms with Gasteiger partial charge in [0.25, 0.3) is 0 Å². The van der Waals surface area contributed by atoms with Gasteiger partial charge in [-0.1, -0.05) is 18.2 Å². The van der Waals surface area contributed by atoms with Crippen LogP contribution in [0.2, 0.25) is 0 Å². The summed E-state index contributed by atoms with van der Waals surface area (Å²) < 4.78 is 17.6. The number of halogens is 1. The Kier molecular flexibility index (Phi) is 5.92. The summed E-state index contributed by atoms with van der Waals surface area (Å²) in [6.45, 7) is 4.86. The van der Waals surface area contributed by atoms with Gasteiger partial charge in [-0.15, -0.1) is 0 Å². The van der Waals surface area contributed by atoms with Gasteiger partial charge in [0.15, 0.2) is 17.2 Å². The van der Waals surface area contributed by atoms with E-state index < -0.39 is 5.97 Å². The molecule has 0 saturated carbocycles. The summed E-state index contributed by atoms with van der Waals surface area (Å²) in [5, 5.41) is 0. The fourth-order valence-electron chi connectivity index (χ4n) is 2.46. The van der Waals surface area contributed by atoms with Crippen molar-refractivity contribution in [1.29, 1.82) is 0 Å². The van der Waals surface area contributed by atoms with E-state index in [0.29, 0.717) is 30.3 Å². The van der Waals surface area contributed by atoms with Crippen molar-refractivity contribution in [2.75, 3.05) is 13.2 Å². The van der Waals surface area contributed by atoms with Crippen molar-refractivity contribution < 1.29 is 19.0 Å². The summed E-state index contributed by atoms with van der Waals surface area (Å²) in [7, 11) is 0. The molecule has 2 aromatic carbocycles. The van der Waals surface area contributed by atoms with Crippen molar-refractivity contribution in [3.63, 3.8) is 0 Å². The van der Waals surface area contributed by atoms with Gasteiger partial charge in [0.05, 0.1) is 13.2 Å². The lowest BCUT2D eigenvalue weighted by atomic mass is 10.2. The molecule has 26 heavy (non-hydrogen) atoms. The minimum atomic E-state index is -0.466. The molecule has 3 rings (SSSR count). The zero-order valence-electron chi connectivity index (χ0n) is 14.5. The molecule has 0 aliphatic carbocycles. The van der Waals surface area contributed by atoms with E-state index in [2.05, 4.69) is 27.6 Å². The van der Waals surface area contributed by atoms with E-state index in [4.69, 9.17) is 14.2 Å². The van der Waals surface area contributed by atoms with Crippen molar-refractivity contribution >= 4 is 40.5 Å². The first kappa shape index (κ1) is 18.4. The van der Waals surface area contributed by atoms with Gasteiger partial charge in [-0.2, -0.15) is 0 Å². The van der Waals surface area contributed by atoms with Crippen LogP contribution in [0.25, 0.3) is 6.08 Å². The zero-order valence-corrected chi connectivity index (χ0v) is 16.6. The molecule has 0 radical (unpaired) electrons. The van der Waals surface area contributed by atoms with Gasteiger partial charge in [0.2, 0.25) is 5.90 Å². The molecule has 1 aliphatic rings. The SMILES string of the molecule is CCOc1ccc(C2=N/C(=C\c3ccccc3I)C(=O)O2)cc1OCC. The molecule has 0 unspecified atom stereocenters. The summed E-state index contributed by atoms with van der Waals surface area (Å²) in [5.41, 5.74) is 1.86. The summed E-state index contributed by atoms with van der Waals surface area (Å²) in [6, 6.07) is 13.1. The van der Waals surface area contributed by atoms with E-state index in [9.17, 15) is 4.79 Å². The number of carbonyl (C=O) groups is 1. The Morgan fingerprint density at radius 1 is 1.08 bits per heavy atom. The minimum absolute atomic E-state index is 0.260. The van der Waals surface area contributed by atoms with Crippen molar-refractivity contribution in [2.24, 2.45) is 4.99 Å². The largest absolute Gasteiger partial charge is 0.490 e. The number of carbonyl (C=O) groups excluding carboxylic acids is 1. The molecule has 2 aromatic rings. The van der Waals surface area contributed by atoms with Gasteiger partial charge < -0.3 is 14.2 Å². The topological polar surface area (TPSA) is 57.1 Å². The lowest BCUT2D eigenvalue weighted by molar-refractivity contribution is -0.129. The Morgan fingerprint density at radius 2 is 1.81 bits per heavy atom. The molecule has 0 spiro atoms. The molecule has 1 aliphatic heterocycles. The Hall–Kier alpha value is -2.35. The van der Waals surface area contributed by atoms with Crippen LogP contribution in [0, 0.1) is 3.57 Å². The Labute approximate surface area is 165 Å². The second kappa shape index (κ2) is 8.35. The standard InChI is InChI=1S/C20H18INO4/c1-3-24-17-10-9-14(12-18(17)25-4-2)19-22-16(20(23)26-19)11-13-7-5-6-8-15(13)21/h5-12H,3-4H2,1-2H3/b16-11-. The number of cyclic esters (lactones) is 1. The van der Waals surface area contributed by atoms with Crippen LogP contribution >= 0.6 is 22.6 Å². The van der Waals surface area contributed by atoms with Crippen molar-refractivity contribution in [1.82, 2.24) is 0 Å². The third-order valence-electron chi connectivity index (χ3n) is 3.61. The van der Waals surface area contributed by atoms with Crippen LogP contribution in [0.1, 0.15) is 25.0 Å². The van der Waals surface area contributed by atoms with Crippen LogP contribution < -0.4 is 9.47 Å². The number of benzene rings is 2. The molecule has 6 heteroatoms. The summed E-state index contributed by atoms with van der Waals surface area (Å²) in [4.78, 5) is 16.5. The average molecular weight is 463 g/mol. The first-order valence-corrected chi connectivity index (χ1v) is 9.37. The molecule has 0 aromatic heterocycles. The van der Waals surface area contributed by atoms with Crippen LogP contribution in [-0.4, -0.2) is 25.1 Å². The van der Waals surface area contributed by atoms with Gasteiger partial charge >= 0.3 is 5.97 Å². The number of hydrogen-bond acceptors (Lipinski definition) is 5. The Bertz CT molecular complexity index is 889. The molecule has 0 fully saturated rings.